The van der Waals surface area contributed by atoms with Crippen LogP contribution in [-0.4, -0.2) is 29.3 Å². The molecule has 1 amide bonds. The Kier molecular flexibility index (Phi) is 3.14. The second-order valence-corrected chi connectivity index (χ2v) is 1.45. The van der Waals surface area contributed by atoms with Gasteiger partial charge in [0.2, 0.25) is 5.91 Å². The van der Waals surface area contributed by atoms with Gasteiger partial charge in [-0.1, -0.05) is 6.92 Å². The molecule has 0 unspecified atom stereocenters. The number of likely N-dealkylation sites (N-methyl/N-ethyl adjacent to an activating group) is 1. The average Bonchev–Trinajstić information content (AvgIpc) is 1.65. The van der Waals surface area contributed by atoms with E-state index in [0.717, 1.165) is 5.06 Å². The van der Waals surface area contributed by atoms with Crippen LogP contribution in [0.25, 0.3) is 0 Å². The monoisotopic (exact) mass is 118 g/mol. The van der Waals surface area contributed by atoms with Gasteiger partial charge in [-0.05, 0) is 0 Å². The topological polar surface area (TPSA) is 66.6 Å². The van der Waals surface area contributed by atoms with E-state index in [1.165, 1.54) is 0 Å². The lowest BCUT2D eigenvalue weighted by Gasteiger charge is -2.06. The lowest BCUT2D eigenvalue weighted by molar-refractivity contribution is -0.133. The molecule has 0 fully saturated rings. The third kappa shape index (κ3) is 3.58. The summed E-state index contributed by atoms with van der Waals surface area (Å²) in [6.45, 7) is 2.06. The van der Waals surface area contributed by atoms with Gasteiger partial charge >= 0.3 is 0 Å². The van der Waals surface area contributed by atoms with Gasteiger partial charge in [-0.2, -0.15) is 5.06 Å². The van der Waals surface area contributed by atoms with Gasteiger partial charge in [0.05, 0.1) is 0 Å². The van der Waals surface area contributed by atoms with Gasteiger partial charge in [0.1, 0.15) is 6.54 Å². The molecule has 0 saturated heterocycles. The number of nitrogens with two attached hydrogens (primary N) is 1. The van der Waals surface area contributed by atoms with Crippen molar-refractivity contribution in [1.29, 1.82) is 0 Å². The Morgan fingerprint density at radius 1 is 1.88 bits per heavy atom. The Balaban J connectivity index is 3.24. The van der Waals surface area contributed by atoms with Crippen molar-refractivity contribution in [2.24, 2.45) is 5.73 Å². The van der Waals surface area contributed by atoms with Crippen molar-refractivity contribution in [2.75, 3.05) is 13.1 Å². The van der Waals surface area contributed by atoms with E-state index in [2.05, 4.69) is 0 Å². The van der Waals surface area contributed by atoms with Gasteiger partial charge < -0.3 is 10.9 Å². The molecule has 0 aromatic heterocycles. The maximum Gasteiger partial charge on any atom is 0.234 e. The molecule has 0 aliphatic heterocycles. The number of hydroxylamine groups is 2. The van der Waals surface area contributed by atoms with E-state index in [1.54, 1.807) is 6.92 Å². The summed E-state index contributed by atoms with van der Waals surface area (Å²) in [5.41, 5.74) is 4.73. The van der Waals surface area contributed by atoms with Crippen molar-refractivity contribution in [3.63, 3.8) is 0 Å². The molecule has 0 spiro atoms. The second kappa shape index (κ2) is 3.40. The molecule has 0 aromatic rings. The fourth-order valence-electron chi connectivity index (χ4n) is 0.292. The number of hydrogen-bond acceptors (Lipinski definition) is 3. The van der Waals surface area contributed by atoms with E-state index >= 15 is 0 Å². The first-order chi connectivity index (χ1) is 3.66. The molecule has 0 aliphatic carbocycles. The Labute approximate surface area is 47.8 Å². The van der Waals surface area contributed by atoms with Crippen LogP contribution in [0.5, 0.6) is 0 Å². The smallest absolute Gasteiger partial charge is 0.234 e. The number of nitrogens with zero attached hydrogens (tertiary/aromatic N) is 1. The van der Waals surface area contributed by atoms with E-state index in [4.69, 9.17) is 10.9 Å². The first-order valence-electron chi connectivity index (χ1n) is 2.39. The van der Waals surface area contributed by atoms with Gasteiger partial charge in [0.25, 0.3) is 0 Å². The van der Waals surface area contributed by atoms with Gasteiger partial charge in [-0.15, -0.1) is 0 Å². The van der Waals surface area contributed by atoms with Crippen LogP contribution in [0.3, 0.4) is 0 Å². The maximum atomic E-state index is 9.99. The minimum absolute atomic E-state index is 0.0868. The summed E-state index contributed by atoms with van der Waals surface area (Å²) < 4.78 is 0. The van der Waals surface area contributed by atoms with Crippen LogP contribution in [0.4, 0.5) is 0 Å². The summed E-state index contributed by atoms with van der Waals surface area (Å²) in [4.78, 5) is 9.99. The fourth-order valence-corrected chi connectivity index (χ4v) is 0.292. The molecule has 0 saturated carbocycles. The van der Waals surface area contributed by atoms with Crippen molar-refractivity contribution in [2.45, 2.75) is 6.92 Å². The molecule has 3 N–H and O–H groups in total. The zero-order valence-corrected chi connectivity index (χ0v) is 4.79. The summed E-state index contributed by atoms with van der Waals surface area (Å²) in [6.07, 6.45) is 0. The molecule has 48 valence electrons. The van der Waals surface area contributed by atoms with Gasteiger partial charge in [0.15, 0.2) is 0 Å². The predicted octanol–water partition coefficient (Wildman–Crippen LogP) is -0.817. The summed E-state index contributed by atoms with van der Waals surface area (Å²) in [5.74, 6) is -0.519. The average molecular weight is 118 g/mol. The quantitative estimate of drug-likeness (QED) is 0.476. The highest BCUT2D eigenvalue weighted by Gasteiger charge is 1.98. The van der Waals surface area contributed by atoms with Crippen LogP contribution >= 0.6 is 0 Å². The largest absolute Gasteiger partial charge is 0.368 e. The summed E-state index contributed by atoms with van der Waals surface area (Å²) in [7, 11) is 0. The minimum Gasteiger partial charge on any atom is -0.368 e. The van der Waals surface area contributed by atoms with Gasteiger partial charge in [0, 0.05) is 6.54 Å². The molecule has 0 aromatic carbocycles. The maximum absolute atomic E-state index is 9.99. The molecule has 0 rings (SSSR count). The Morgan fingerprint density at radius 3 is 2.50 bits per heavy atom. The van der Waals surface area contributed by atoms with Crippen molar-refractivity contribution < 1.29 is 10.0 Å². The van der Waals surface area contributed by atoms with Crippen LogP contribution in [0, 0.1) is 0 Å². The third-order valence-corrected chi connectivity index (χ3v) is 0.703. The highest BCUT2D eigenvalue weighted by atomic mass is 16.5. The minimum atomic E-state index is -0.519. The number of amides is 1. The van der Waals surface area contributed by atoms with Gasteiger partial charge in [-0.25, -0.2) is 0 Å². The standard InChI is InChI=1S/C4H10N2O2/c1-2-6(8)3-4(5)7/h8H,2-3H2,1H3,(H2,5,7). The Bertz CT molecular complexity index is 84.1. The predicted molar refractivity (Wildman–Crippen MR) is 28.2 cm³/mol. The molecule has 0 aliphatic rings. The number of carbonyl (C=O) groups excluding carboxylic acids is 1. The molecule has 0 heterocycles. The molecule has 0 bridgehead atoms. The molecule has 4 heteroatoms. The molecule has 0 radical (unpaired) electrons. The van der Waals surface area contributed by atoms with Crippen molar-refractivity contribution >= 4 is 5.91 Å². The zero-order chi connectivity index (χ0) is 6.57. The van der Waals surface area contributed by atoms with Crippen LogP contribution < -0.4 is 5.73 Å². The van der Waals surface area contributed by atoms with Gasteiger partial charge in [-0.3, -0.25) is 4.79 Å². The SMILES string of the molecule is CCN(O)CC(N)=O. The number of carbonyl (C=O) groups is 1. The van der Waals surface area contributed by atoms with E-state index in [0.29, 0.717) is 6.54 Å². The summed E-state index contributed by atoms with van der Waals surface area (Å²) in [5, 5.41) is 9.41. The van der Waals surface area contributed by atoms with Crippen LogP contribution in [0.1, 0.15) is 6.92 Å². The lowest BCUT2D eigenvalue weighted by atomic mass is 10.6. The highest BCUT2D eigenvalue weighted by Crippen LogP contribution is 1.75. The second-order valence-electron chi connectivity index (χ2n) is 1.45. The molecule has 0 atom stereocenters. The van der Waals surface area contributed by atoms with Crippen molar-refractivity contribution in [3.05, 3.63) is 0 Å². The van der Waals surface area contributed by atoms with Crippen LogP contribution in [-0.2, 0) is 4.79 Å². The van der Waals surface area contributed by atoms with E-state index in [9.17, 15) is 4.79 Å². The normalized spacial score (nSPS) is 9.88. The zero-order valence-electron chi connectivity index (χ0n) is 4.79. The molecular formula is C4H10N2O2. The molecular weight excluding hydrogens is 108 g/mol. The van der Waals surface area contributed by atoms with E-state index < -0.39 is 5.91 Å². The Hall–Kier alpha value is -0.610. The van der Waals surface area contributed by atoms with Crippen molar-refractivity contribution in [1.82, 2.24) is 5.06 Å². The molecule has 8 heavy (non-hydrogen) atoms. The first-order valence-corrected chi connectivity index (χ1v) is 2.39. The molecule has 4 nitrogen and oxygen atoms in total. The first kappa shape index (κ1) is 7.39. The number of primary amides is 1. The number of rotatable bonds is 3. The van der Waals surface area contributed by atoms with E-state index in [-0.39, 0.29) is 6.54 Å². The lowest BCUT2D eigenvalue weighted by Crippen LogP contribution is -2.30. The van der Waals surface area contributed by atoms with E-state index in [1.807, 2.05) is 0 Å². The fraction of sp³-hybridized carbons (Fsp3) is 0.750. The van der Waals surface area contributed by atoms with Crippen molar-refractivity contribution in [3.8, 4) is 0 Å². The Morgan fingerprint density at radius 2 is 2.38 bits per heavy atom. The summed E-state index contributed by atoms with van der Waals surface area (Å²) >= 11 is 0. The van der Waals surface area contributed by atoms with Crippen LogP contribution in [0.2, 0.25) is 0 Å². The summed E-state index contributed by atoms with van der Waals surface area (Å²) in [6, 6.07) is 0. The van der Waals surface area contributed by atoms with Crippen LogP contribution in [0.15, 0.2) is 0 Å². The number of hydrogen-bond donors (Lipinski definition) is 2. The highest BCUT2D eigenvalue weighted by molar-refractivity contribution is 5.75. The third-order valence-electron chi connectivity index (χ3n) is 0.703.